The number of rotatable bonds is 6. The second-order valence-electron chi connectivity index (χ2n) is 5.27. The topological polar surface area (TPSA) is 84.9 Å². The molecule has 0 bridgehead atoms. The summed E-state index contributed by atoms with van der Waals surface area (Å²) >= 11 is 0. The Kier molecular flexibility index (Phi) is 5.53. The van der Waals surface area contributed by atoms with Gasteiger partial charge in [0.1, 0.15) is 0 Å². The maximum atomic E-state index is 12.6. The largest absolute Gasteiger partial charge is 0.493 e. The molecule has 0 unspecified atom stereocenters. The fraction of sp³-hybridized carbons (Fsp3) is 0.235. The number of para-hydroxylation sites is 1. The van der Waals surface area contributed by atoms with E-state index in [0.29, 0.717) is 22.9 Å². The van der Waals surface area contributed by atoms with Crippen molar-refractivity contribution < 1.29 is 22.7 Å². The summed E-state index contributed by atoms with van der Waals surface area (Å²) in [6.45, 7) is 0. The van der Waals surface area contributed by atoms with E-state index in [1.807, 2.05) is 0 Å². The van der Waals surface area contributed by atoms with Crippen LogP contribution >= 0.6 is 0 Å². The van der Waals surface area contributed by atoms with E-state index in [0.717, 1.165) is 10.6 Å². The third-order valence-corrected chi connectivity index (χ3v) is 4.82. The van der Waals surface area contributed by atoms with Crippen molar-refractivity contribution in [1.82, 2.24) is 0 Å². The van der Waals surface area contributed by atoms with Gasteiger partial charge in [-0.05, 0) is 24.3 Å². The van der Waals surface area contributed by atoms with Gasteiger partial charge in [-0.2, -0.15) is 0 Å². The number of sulfonamides is 1. The second kappa shape index (κ2) is 7.43. The van der Waals surface area contributed by atoms with Gasteiger partial charge in [-0.1, -0.05) is 12.1 Å². The summed E-state index contributed by atoms with van der Waals surface area (Å²) in [7, 11) is 0.934. The molecule has 0 aromatic heterocycles. The molecule has 2 aromatic rings. The zero-order chi connectivity index (χ0) is 18.6. The quantitative estimate of drug-likeness (QED) is 0.850. The number of hydrogen-bond donors (Lipinski definition) is 1. The minimum absolute atomic E-state index is 0.241. The molecule has 0 aliphatic rings. The maximum Gasteiger partial charge on any atom is 0.257 e. The van der Waals surface area contributed by atoms with Gasteiger partial charge in [0.25, 0.3) is 5.91 Å². The minimum Gasteiger partial charge on any atom is -0.493 e. The van der Waals surface area contributed by atoms with Crippen LogP contribution in [0.25, 0.3) is 0 Å². The summed E-state index contributed by atoms with van der Waals surface area (Å²) in [5.41, 5.74) is 1.03. The standard InChI is InChI=1S/C17H20N2O5S/c1-19(25(4,21)22)14-8-6-5-7-13(14)17(20)18-12-9-10-15(23-2)16(11-12)24-3/h5-11H,1-4H3,(H,18,20). The first-order valence-electron chi connectivity index (χ1n) is 7.34. The molecule has 1 N–H and O–H groups in total. The van der Waals surface area contributed by atoms with Crippen molar-refractivity contribution in [1.29, 1.82) is 0 Å². The van der Waals surface area contributed by atoms with Crippen LogP contribution in [0.5, 0.6) is 11.5 Å². The van der Waals surface area contributed by atoms with Crippen molar-refractivity contribution in [2.24, 2.45) is 0 Å². The van der Waals surface area contributed by atoms with Crippen LogP contribution < -0.4 is 19.1 Å². The third-order valence-electron chi connectivity index (χ3n) is 3.63. The number of nitrogens with one attached hydrogen (secondary N) is 1. The minimum atomic E-state index is -3.49. The van der Waals surface area contributed by atoms with Crippen molar-refractivity contribution in [3.63, 3.8) is 0 Å². The molecule has 0 atom stereocenters. The van der Waals surface area contributed by atoms with Crippen LogP contribution in [0.15, 0.2) is 42.5 Å². The Morgan fingerprint density at radius 2 is 1.68 bits per heavy atom. The van der Waals surface area contributed by atoms with Crippen LogP contribution in [0.3, 0.4) is 0 Å². The Balaban J connectivity index is 2.34. The van der Waals surface area contributed by atoms with Crippen LogP contribution in [-0.4, -0.2) is 41.8 Å². The van der Waals surface area contributed by atoms with Gasteiger partial charge in [-0.3, -0.25) is 9.10 Å². The molecule has 0 aliphatic carbocycles. The predicted octanol–water partition coefficient (Wildman–Crippen LogP) is 2.35. The lowest BCUT2D eigenvalue weighted by Gasteiger charge is -2.20. The third kappa shape index (κ3) is 4.21. The summed E-state index contributed by atoms with van der Waals surface area (Å²) < 4.78 is 35.0. The summed E-state index contributed by atoms with van der Waals surface area (Å²) in [5, 5.41) is 2.73. The highest BCUT2D eigenvalue weighted by molar-refractivity contribution is 7.92. The summed E-state index contributed by atoms with van der Waals surface area (Å²) in [4.78, 5) is 12.6. The number of methoxy groups -OCH3 is 2. The Labute approximate surface area is 147 Å². The monoisotopic (exact) mass is 364 g/mol. The van der Waals surface area contributed by atoms with Crippen LogP contribution in [0, 0.1) is 0 Å². The first kappa shape index (κ1) is 18.6. The highest BCUT2D eigenvalue weighted by Gasteiger charge is 2.19. The Morgan fingerprint density at radius 3 is 2.28 bits per heavy atom. The van der Waals surface area contributed by atoms with Gasteiger partial charge >= 0.3 is 0 Å². The van der Waals surface area contributed by atoms with Gasteiger partial charge in [0.05, 0.1) is 31.7 Å². The van der Waals surface area contributed by atoms with Crippen molar-refractivity contribution in [2.75, 3.05) is 37.1 Å². The number of amides is 1. The lowest BCUT2D eigenvalue weighted by molar-refractivity contribution is 0.102. The number of carbonyl (C=O) groups excluding carboxylic acids is 1. The summed E-state index contributed by atoms with van der Waals surface area (Å²) in [6.07, 6.45) is 1.08. The van der Waals surface area contributed by atoms with Crippen molar-refractivity contribution in [3.05, 3.63) is 48.0 Å². The number of carbonyl (C=O) groups is 1. The Hall–Kier alpha value is -2.74. The van der Waals surface area contributed by atoms with E-state index in [4.69, 9.17) is 9.47 Å². The summed E-state index contributed by atoms with van der Waals surface area (Å²) in [5.74, 6) is 0.581. The molecule has 0 saturated heterocycles. The average Bonchev–Trinajstić information content (AvgIpc) is 2.60. The van der Waals surface area contributed by atoms with Crippen LogP contribution in [-0.2, 0) is 10.0 Å². The SMILES string of the molecule is COc1ccc(NC(=O)c2ccccc2N(C)S(C)(=O)=O)cc1OC. The van der Waals surface area contributed by atoms with Crippen molar-refractivity contribution >= 4 is 27.3 Å². The normalized spacial score (nSPS) is 10.9. The van der Waals surface area contributed by atoms with Gasteiger partial charge in [0.15, 0.2) is 11.5 Å². The molecular formula is C17H20N2O5S. The van der Waals surface area contributed by atoms with Crippen LogP contribution in [0.2, 0.25) is 0 Å². The second-order valence-corrected chi connectivity index (χ2v) is 7.29. The molecule has 2 aromatic carbocycles. The fourth-order valence-electron chi connectivity index (χ4n) is 2.23. The van der Waals surface area contributed by atoms with Crippen LogP contribution in [0.4, 0.5) is 11.4 Å². The molecule has 0 heterocycles. The van der Waals surface area contributed by atoms with Crippen molar-refractivity contribution in [2.45, 2.75) is 0 Å². The lowest BCUT2D eigenvalue weighted by Crippen LogP contribution is -2.27. The molecule has 0 saturated carbocycles. The maximum absolute atomic E-state index is 12.6. The van der Waals surface area contributed by atoms with E-state index < -0.39 is 15.9 Å². The van der Waals surface area contributed by atoms with Gasteiger partial charge < -0.3 is 14.8 Å². The molecule has 134 valence electrons. The van der Waals surface area contributed by atoms with Crippen molar-refractivity contribution in [3.8, 4) is 11.5 Å². The zero-order valence-corrected chi connectivity index (χ0v) is 15.3. The molecular weight excluding hydrogens is 344 g/mol. The number of anilines is 2. The zero-order valence-electron chi connectivity index (χ0n) is 14.4. The molecule has 1 amide bonds. The van der Waals surface area contributed by atoms with E-state index in [2.05, 4.69) is 5.32 Å². The number of nitrogens with zero attached hydrogens (tertiary/aromatic N) is 1. The van der Waals surface area contributed by atoms with Gasteiger partial charge in [0, 0.05) is 18.8 Å². The Morgan fingerprint density at radius 1 is 1.04 bits per heavy atom. The van der Waals surface area contributed by atoms with E-state index in [1.54, 1.807) is 42.5 Å². The first-order chi connectivity index (χ1) is 11.8. The molecule has 2 rings (SSSR count). The molecule has 0 fully saturated rings. The van der Waals surface area contributed by atoms with Gasteiger partial charge in [-0.25, -0.2) is 8.42 Å². The molecule has 7 nitrogen and oxygen atoms in total. The predicted molar refractivity (Wildman–Crippen MR) is 97.2 cm³/mol. The number of hydrogen-bond acceptors (Lipinski definition) is 5. The van der Waals surface area contributed by atoms with E-state index in [-0.39, 0.29) is 5.56 Å². The van der Waals surface area contributed by atoms with Gasteiger partial charge in [0.2, 0.25) is 10.0 Å². The number of benzene rings is 2. The molecule has 0 aliphatic heterocycles. The highest BCUT2D eigenvalue weighted by atomic mass is 32.2. The molecule has 25 heavy (non-hydrogen) atoms. The number of ether oxygens (including phenoxy) is 2. The summed E-state index contributed by atoms with van der Waals surface area (Å²) in [6, 6.07) is 11.4. The molecule has 0 radical (unpaired) electrons. The van der Waals surface area contributed by atoms with E-state index >= 15 is 0 Å². The van der Waals surface area contributed by atoms with E-state index in [9.17, 15) is 13.2 Å². The van der Waals surface area contributed by atoms with E-state index in [1.165, 1.54) is 21.3 Å². The molecule has 8 heteroatoms. The average molecular weight is 364 g/mol. The van der Waals surface area contributed by atoms with Gasteiger partial charge in [-0.15, -0.1) is 0 Å². The molecule has 0 spiro atoms. The Bertz CT molecular complexity index is 880. The first-order valence-corrected chi connectivity index (χ1v) is 9.19. The lowest BCUT2D eigenvalue weighted by atomic mass is 10.1. The highest BCUT2D eigenvalue weighted by Crippen LogP contribution is 2.30. The smallest absolute Gasteiger partial charge is 0.257 e. The fourth-order valence-corrected chi connectivity index (χ4v) is 2.75. The van der Waals surface area contributed by atoms with Crippen LogP contribution in [0.1, 0.15) is 10.4 Å².